The summed E-state index contributed by atoms with van der Waals surface area (Å²) in [4.78, 5) is 22.1. The average Bonchev–Trinajstić information content (AvgIpc) is 2.18. The van der Waals surface area contributed by atoms with Crippen LogP contribution in [0.1, 0.15) is 13.3 Å². The molecule has 0 aromatic heterocycles. The van der Waals surface area contributed by atoms with E-state index >= 15 is 0 Å². The van der Waals surface area contributed by atoms with Crippen LogP contribution in [0, 0.1) is 0 Å². The van der Waals surface area contributed by atoms with E-state index in [2.05, 4.69) is 0 Å². The first-order valence-electron chi connectivity index (χ1n) is 4.45. The van der Waals surface area contributed by atoms with Gasteiger partial charge in [0.2, 0.25) is 0 Å². The molecule has 2 aliphatic heterocycles. The highest BCUT2D eigenvalue weighted by Crippen LogP contribution is 2.30. The largest absolute Gasteiger partial charge is 0.493 e. The van der Waals surface area contributed by atoms with E-state index in [0.717, 1.165) is 11.9 Å². The van der Waals surface area contributed by atoms with Crippen molar-refractivity contribution in [2.45, 2.75) is 19.4 Å². The topological polar surface area (TPSA) is 52.6 Å². The first kappa shape index (κ1) is 8.99. The van der Waals surface area contributed by atoms with E-state index in [1.54, 1.807) is 6.92 Å². The van der Waals surface area contributed by atoms with Crippen LogP contribution in [0.25, 0.3) is 0 Å². The molecule has 0 radical (unpaired) electrons. The fourth-order valence-corrected chi connectivity index (χ4v) is 1.66. The van der Waals surface area contributed by atoms with Crippen LogP contribution in [0.15, 0.2) is 23.0 Å². The minimum Gasteiger partial charge on any atom is -0.493 e. The molecule has 2 aliphatic rings. The molecule has 4 nitrogen and oxygen atoms in total. The monoisotopic (exact) mass is 194 g/mol. The van der Waals surface area contributed by atoms with Gasteiger partial charge in [0.15, 0.2) is 0 Å². The maximum Gasteiger partial charge on any atom is 0.341 e. The number of hydrogen-bond donors (Lipinski definition) is 0. The Bertz CT molecular complexity index is 351. The van der Waals surface area contributed by atoms with Crippen molar-refractivity contribution in [1.82, 2.24) is 0 Å². The van der Waals surface area contributed by atoms with Crippen LogP contribution in [0.3, 0.4) is 0 Å². The van der Waals surface area contributed by atoms with Crippen molar-refractivity contribution in [2.24, 2.45) is 0 Å². The first-order valence-corrected chi connectivity index (χ1v) is 4.45. The molecule has 0 aromatic carbocycles. The first-order chi connectivity index (χ1) is 6.74. The third kappa shape index (κ3) is 1.23. The number of rotatable bonds is 1. The molecule has 4 heteroatoms. The highest BCUT2D eigenvalue weighted by molar-refractivity contribution is 5.97. The lowest BCUT2D eigenvalue weighted by molar-refractivity contribution is -0.140. The molecular weight excluding hydrogens is 184 g/mol. The number of aldehydes is 1. The smallest absolute Gasteiger partial charge is 0.341 e. The van der Waals surface area contributed by atoms with Crippen LogP contribution >= 0.6 is 0 Å². The van der Waals surface area contributed by atoms with Crippen LogP contribution in [0.4, 0.5) is 0 Å². The van der Waals surface area contributed by atoms with E-state index in [1.165, 1.54) is 6.26 Å². The predicted octanol–water partition coefficient (Wildman–Crippen LogP) is 0.731. The third-order valence-corrected chi connectivity index (χ3v) is 2.43. The van der Waals surface area contributed by atoms with Crippen LogP contribution < -0.4 is 0 Å². The zero-order valence-corrected chi connectivity index (χ0v) is 7.78. The molecule has 0 amide bonds. The van der Waals surface area contributed by atoms with Crippen molar-refractivity contribution in [2.75, 3.05) is 6.61 Å². The number of carbonyl (C=O) groups is 2. The molecule has 0 saturated carbocycles. The SMILES string of the molecule is CC1OC=C2C(=O)OCCC2=C1C=O. The molecule has 1 atom stereocenters. The van der Waals surface area contributed by atoms with Crippen LogP contribution in [0.2, 0.25) is 0 Å². The summed E-state index contributed by atoms with van der Waals surface area (Å²) in [7, 11) is 0. The Hall–Kier alpha value is -1.58. The van der Waals surface area contributed by atoms with E-state index in [1.807, 2.05) is 0 Å². The summed E-state index contributed by atoms with van der Waals surface area (Å²) in [6.07, 6.45) is 2.47. The molecule has 0 aliphatic carbocycles. The van der Waals surface area contributed by atoms with Gasteiger partial charge in [0.25, 0.3) is 0 Å². The minimum absolute atomic E-state index is 0.267. The molecule has 0 aromatic rings. The van der Waals surface area contributed by atoms with E-state index in [-0.39, 0.29) is 6.10 Å². The molecule has 0 N–H and O–H groups in total. The van der Waals surface area contributed by atoms with Crippen LogP contribution in [-0.2, 0) is 19.1 Å². The molecule has 74 valence electrons. The Morgan fingerprint density at radius 3 is 3.07 bits per heavy atom. The Morgan fingerprint density at radius 2 is 2.36 bits per heavy atom. The van der Waals surface area contributed by atoms with E-state index in [4.69, 9.17) is 9.47 Å². The van der Waals surface area contributed by atoms with Gasteiger partial charge in [-0.25, -0.2) is 4.79 Å². The lowest BCUT2D eigenvalue weighted by atomic mass is 9.92. The summed E-state index contributed by atoms with van der Waals surface area (Å²) in [5, 5.41) is 0. The van der Waals surface area contributed by atoms with E-state index in [0.29, 0.717) is 24.2 Å². The van der Waals surface area contributed by atoms with Gasteiger partial charge in [0, 0.05) is 12.0 Å². The Kier molecular flexibility index (Phi) is 2.11. The number of carbonyl (C=O) groups excluding carboxylic acids is 2. The quantitative estimate of drug-likeness (QED) is 0.456. The minimum atomic E-state index is -0.405. The van der Waals surface area contributed by atoms with Gasteiger partial charge >= 0.3 is 5.97 Å². The predicted molar refractivity (Wildman–Crippen MR) is 47.3 cm³/mol. The third-order valence-electron chi connectivity index (χ3n) is 2.43. The molecule has 1 unspecified atom stereocenters. The summed E-state index contributed by atoms with van der Waals surface area (Å²) in [6.45, 7) is 2.12. The number of hydrogen-bond acceptors (Lipinski definition) is 4. The second-order valence-corrected chi connectivity index (χ2v) is 3.25. The molecule has 0 spiro atoms. The molecule has 1 saturated heterocycles. The van der Waals surface area contributed by atoms with Gasteiger partial charge in [-0.3, -0.25) is 4.79 Å². The molecule has 0 bridgehead atoms. The normalized spacial score (nSPS) is 25.9. The summed E-state index contributed by atoms with van der Waals surface area (Å²) in [5.74, 6) is -0.405. The number of fused-ring (bicyclic) bond motifs is 1. The summed E-state index contributed by atoms with van der Waals surface area (Å²) in [5.41, 5.74) is 1.71. The maximum absolute atomic E-state index is 11.3. The van der Waals surface area contributed by atoms with Crippen molar-refractivity contribution in [3.8, 4) is 0 Å². The van der Waals surface area contributed by atoms with E-state index < -0.39 is 5.97 Å². The van der Waals surface area contributed by atoms with Gasteiger partial charge in [0.05, 0.1) is 18.4 Å². The highest BCUT2D eigenvalue weighted by atomic mass is 16.5. The number of ether oxygens (including phenoxy) is 2. The number of cyclic esters (lactones) is 1. The lowest BCUT2D eigenvalue weighted by Crippen LogP contribution is -2.26. The van der Waals surface area contributed by atoms with Crippen LogP contribution in [-0.4, -0.2) is 25.0 Å². The van der Waals surface area contributed by atoms with Gasteiger partial charge < -0.3 is 9.47 Å². The van der Waals surface area contributed by atoms with Crippen molar-refractivity contribution in [3.05, 3.63) is 23.0 Å². The molecule has 1 fully saturated rings. The number of esters is 1. The van der Waals surface area contributed by atoms with Gasteiger partial charge in [-0.1, -0.05) is 0 Å². The fraction of sp³-hybridized carbons (Fsp3) is 0.400. The van der Waals surface area contributed by atoms with Crippen molar-refractivity contribution in [1.29, 1.82) is 0 Å². The fourth-order valence-electron chi connectivity index (χ4n) is 1.66. The summed E-state index contributed by atoms with van der Waals surface area (Å²) < 4.78 is 10.0. The Balaban J connectivity index is 2.46. The zero-order chi connectivity index (χ0) is 10.1. The zero-order valence-electron chi connectivity index (χ0n) is 7.78. The highest BCUT2D eigenvalue weighted by Gasteiger charge is 2.30. The van der Waals surface area contributed by atoms with Crippen LogP contribution in [0.5, 0.6) is 0 Å². The Labute approximate surface area is 81.2 Å². The molecular formula is C10H10O4. The Morgan fingerprint density at radius 1 is 1.57 bits per heavy atom. The summed E-state index contributed by atoms with van der Waals surface area (Å²) in [6, 6.07) is 0. The van der Waals surface area contributed by atoms with Gasteiger partial charge in [-0.2, -0.15) is 0 Å². The van der Waals surface area contributed by atoms with Crippen molar-refractivity contribution >= 4 is 12.3 Å². The van der Waals surface area contributed by atoms with Crippen molar-refractivity contribution < 1.29 is 19.1 Å². The molecule has 2 heterocycles. The summed E-state index contributed by atoms with van der Waals surface area (Å²) >= 11 is 0. The van der Waals surface area contributed by atoms with Crippen molar-refractivity contribution in [3.63, 3.8) is 0 Å². The standard InChI is InChI=1S/C10H10O4/c1-6-8(4-11)7-2-3-13-10(12)9(7)5-14-6/h4-6H,2-3H2,1H3. The molecule has 2 rings (SSSR count). The molecule has 14 heavy (non-hydrogen) atoms. The van der Waals surface area contributed by atoms with Gasteiger partial charge in [-0.15, -0.1) is 0 Å². The second kappa shape index (κ2) is 3.29. The lowest BCUT2D eigenvalue weighted by Gasteiger charge is -2.26. The maximum atomic E-state index is 11.3. The van der Waals surface area contributed by atoms with Gasteiger partial charge in [0.1, 0.15) is 12.4 Å². The second-order valence-electron chi connectivity index (χ2n) is 3.25. The van der Waals surface area contributed by atoms with Gasteiger partial charge in [-0.05, 0) is 12.5 Å². The van der Waals surface area contributed by atoms with E-state index in [9.17, 15) is 9.59 Å². The average molecular weight is 194 g/mol.